The minimum atomic E-state index is -3.60. The van der Waals surface area contributed by atoms with E-state index < -0.39 is 10.0 Å². The summed E-state index contributed by atoms with van der Waals surface area (Å²) in [4.78, 5) is 10.6. The SMILES string of the molecule is O=Cc1ccc(S(=O)(=O)N(CCCl)CCCl)cc1. The van der Waals surface area contributed by atoms with Crippen LogP contribution < -0.4 is 0 Å². The fourth-order valence-electron chi connectivity index (χ4n) is 1.41. The van der Waals surface area contributed by atoms with Crippen LogP contribution in [0.4, 0.5) is 0 Å². The van der Waals surface area contributed by atoms with Gasteiger partial charge in [-0.1, -0.05) is 12.1 Å². The third kappa shape index (κ3) is 3.68. The van der Waals surface area contributed by atoms with Gasteiger partial charge in [0, 0.05) is 30.4 Å². The Balaban J connectivity index is 3.04. The van der Waals surface area contributed by atoms with E-state index in [2.05, 4.69) is 0 Å². The minimum Gasteiger partial charge on any atom is -0.298 e. The van der Waals surface area contributed by atoms with Crippen molar-refractivity contribution in [3.8, 4) is 0 Å². The van der Waals surface area contributed by atoms with Gasteiger partial charge in [0.25, 0.3) is 0 Å². The van der Waals surface area contributed by atoms with Crippen molar-refractivity contribution in [3.05, 3.63) is 29.8 Å². The first-order chi connectivity index (χ1) is 8.56. The topological polar surface area (TPSA) is 54.5 Å². The molecule has 1 aromatic carbocycles. The Morgan fingerprint density at radius 2 is 1.56 bits per heavy atom. The van der Waals surface area contributed by atoms with Crippen LogP contribution in [0.5, 0.6) is 0 Å². The van der Waals surface area contributed by atoms with Gasteiger partial charge in [0.15, 0.2) is 0 Å². The quantitative estimate of drug-likeness (QED) is 0.571. The Hall–Kier alpha value is -0.620. The molecule has 7 heteroatoms. The lowest BCUT2D eigenvalue weighted by molar-refractivity contribution is 0.112. The first kappa shape index (κ1) is 15.4. The molecule has 0 N–H and O–H groups in total. The number of sulfonamides is 1. The van der Waals surface area contributed by atoms with Gasteiger partial charge in [-0.05, 0) is 12.1 Å². The van der Waals surface area contributed by atoms with Crippen LogP contribution in [0, 0.1) is 0 Å². The molecule has 0 aliphatic rings. The van der Waals surface area contributed by atoms with Crippen LogP contribution >= 0.6 is 23.2 Å². The number of carbonyl (C=O) groups is 1. The molecule has 18 heavy (non-hydrogen) atoms. The molecule has 100 valence electrons. The molecule has 0 aliphatic carbocycles. The van der Waals surface area contributed by atoms with Gasteiger partial charge in [-0.3, -0.25) is 4.79 Å². The number of nitrogens with zero attached hydrogens (tertiary/aromatic N) is 1. The summed E-state index contributed by atoms with van der Waals surface area (Å²) in [6, 6.07) is 5.71. The zero-order valence-corrected chi connectivity index (χ0v) is 11.9. The molecule has 0 saturated carbocycles. The van der Waals surface area contributed by atoms with Crippen molar-refractivity contribution in [2.45, 2.75) is 4.90 Å². The van der Waals surface area contributed by atoms with Crippen molar-refractivity contribution >= 4 is 39.5 Å². The number of alkyl halides is 2. The normalized spacial score (nSPS) is 11.7. The van der Waals surface area contributed by atoms with Crippen molar-refractivity contribution in [1.82, 2.24) is 4.31 Å². The van der Waals surface area contributed by atoms with Crippen LogP contribution in [-0.4, -0.2) is 43.9 Å². The molecule has 1 aromatic rings. The summed E-state index contributed by atoms with van der Waals surface area (Å²) >= 11 is 11.2. The smallest absolute Gasteiger partial charge is 0.243 e. The van der Waals surface area contributed by atoms with Crippen molar-refractivity contribution < 1.29 is 13.2 Å². The van der Waals surface area contributed by atoms with E-state index in [4.69, 9.17) is 23.2 Å². The van der Waals surface area contributed by atoms with Crippen molar-refractivity contribution in [2.75, 3.05) is 24.8 Å². The van der Waals surface area contributed by atoms with Crippen LogP contribution in [-0.2, 0) is 10.0 Å². The van der Waals surface area contributed by atoms with Gasteiger partial charge in [-0.25, -0.2) is 8.42 Å². The Kier molecular flexibility index (Phi) is 6.08. The maximum Gasteiger partial charge on any atom is 0.243 e. The van der Waals surface area contributed by atoms with E-state index in [1.54, 1.807) is 0 Å². The average Bonchev–Trinajstić information content (AvgIpc) is 2.38. The van der Waals surface area contributed by atoms with E-state index in [0.717, 1.165) is 0 Å². The van der Waals surface area contributed by atoms with E-state index in [-0.39, 0.29) is 29.7 Å². The van der Waals surface area contributed by atoms with Crippen LogP contribution in [0.25, 0.3) is 0 Å². The second-order valence-corrected chi connectivity index (χ2v) is 6.16. The second-order valence-electron chi connectivity index (χ2n) is 3.47. The van der Waals surface area contributed by atoms with Crippen molar-refractivity contribution in [2.24, 2.45) is 0 Å². The molecule has 0 aromatic heterocycles. The summed E-state index contributed by atoms with van der Waals surface area (Å²) in [5.74, 6) is 0.394. The van der Waals surface area contributed by atoms with Gasteiger partial charge < -0.3 is 0 Å². The first-order valence-electron chi connectivity index (χ1n) is 5.23. The molecule has 4 nitrogen and oxygen atoms in total. The zero-order chi connectivity index (χ0) is 13.6. The van der Waals surface area contributed by atoms with E-state index >= 15 is 0 Å². The Bertz CT molecular complexity index is 482. The highest BCUT2D eigenvalue weighted by atomic mass is 35.5. The van der Waals surface area contributed by atoms with Crippen molar-refractivity contribution in [1.29, 1.82) is 0 Å². The summed E-state index contributed by atoms with van der Waals surface area (Å²) in [5, 5.41) is 0. The highest BCUT2D eigenvalue weighted by molar-refractivity contribution is 7.89. The third-order valence-electron chi connectivity index (χ3n) is 2.32. The predicted molar refractivity (Wildman–Crippen MR) is 72.0 cm³/mol. The molecule has 0 heterocycles. The van der Waals surface area contributed by atoms with Gasteiger partial charge in [0.05, 0.1) is 4.90 Å². The highest BCUT2D eigenvalue weighted by Gasteiger charge is 2.23. The second kappa shape index (κ2) is 7.09. The lowest BCUT2D eigenvalue weighted by Gasteiger charge is -2.20. The molecule has 0 spiro atoms. The number of halogens is 2. The largest absolute Gasteiger partial charge is 0.298 e. The molecule has 0 bridgehead atoms. The van der Waals surface area contributed by atoms with Gasteiger partial charge in [0.2, 0.25) is 10.0 Å². The molecular weight excluding hydrogens is 297 g/mol. The Morgan fingerprint density at radius 1 is 1.06 bits per heavy atom. The maximum atomic E-state index is 12.2. The van der Waals surface area contributed by atoms with E-state index in [1.807, 2.05) is 0 Å². The summed E-state index contributed by atoms with van der Waals surface area (Å²) < 4.78 is 25.7. The van der Waals surface area contributed by atoms with Crippen LogP contribution in [0.2, 0.25) is 0 Å². The minimum absolute atomic E-state index is 0.128. The van der Waals surface area contributed by atoms with Crippen molar-refractivity contribution in [3.63, 3.8) is 0 Å². The Labute approximate surface area is 117 Å². The van der Waals surface area contributed by atoms with Crippen LogP contribution in [0.15, 0.2) is 29.2 Å². The number of hydrogen-bond acceptors (Lipinski definition) is 3. The molecule has 0 radical (unpaired) electrons. The lowest BCUT2D eigenvalue weighted by atomic mass is 10.2. The van der Waals surface area contributed by atoms with Gasteiger partial charge >= 0.3 is 0 Å². The third-order valence-corrected chi connectivity index (χ3v) is 4.57. The summed E-state index contributed by atoms with van der Waals surface area (Å²) in [6.45, 7) is 0.401. The van der Waals surface area contributed by atoms with E-state index in [9.17, 15) is 13.2 Å². The standard InChI is InChI=1S/C11H13Cl2NO3S/c12-5-7-14(8-6-13)18(16,17)11-3-1-10(9-15)2-4-11/h1-4,9H,5-8H2. The van der Waals surface area contributed by atoms with Crippen LogP contribution in [0.1, 0.15) is 10.4 Å². The number of rotatable bonds is 7. The molecule has 0 saturated heterocycles. The highest BCUT2D eigenvalue weighted by Crippen LogP contribution is 2.16. The summed E-state index contributed by atoms with van der Waals surface area (Å²) in [5.41, 5.74) is 0.426. The molecule has 0 atom stereocenters. The molecule has 0 amide bonds. The number of benzene rings is 1. The summed E-state index contributed by atoms with van der Waals surface area (Å²) in [7, 11) is -3.60. The monoisotopic (exact) mass is 309 g/mol. The Morgan fingerprint density at radius 3 is 1.94 bits per heavy atom. The predicted octanol–water partition coefficient (Wildman–Crippen LogP) is 1.97. The molecular formula is C11H13Cl2NO3S. The molecule has 0 unspecified atom stereocenters. The van der Waals surface area contributed by atoms with Gasteiger partial charge in [0.1, 0.15) is 6.29 Å². The molecule has 0 fully saturated rings. The zero-order valence-electron chi connectivity index (χ0n) is 9.55. The fraction of sp³-hybridized carbons (Fsp3) is 0.364. The van der Waals surface area contributed by atoms with E-state index in [1.165, 1.54) is 28.6 Å². The number of carbonyl (C=O) groups excluding carboxylic acids is 1. The van der Waals surface area contributed by atoms with Gasteiger partial charge in [-0.15, -0.1) is 23.2 Å². The lowest BCUT2D eigenvalue weighted by Crippen LogP contribution is -2.34. The van der Waals surface area contributed by atoms with E-state index in [0.29, 0.717) is 11.8 Å². The molecule has 1 rings (SSSR count). The number of hydrogen-bond donors (Lipinski definition) is 0. The maximum absolute atomic E-state index is 12.2. The summed E-state index contributed by atoms with van der Waals surface area (Å²) in [6.07, 6.45) is 0.658. The fourth-order valence-corrected chi connectivity index (χ4v) is 3.46. The average molecular weight is 310 g/mol. The number of aldehydes is 1. The van der Waals surface area contributed by atoms with Gasteiger partial charge in [-0.2, -0.15) is 4.31 Å². The molecule has 0 aliphatic heterocycles. The van der Waals surface area contributed by atoms with Crippen LogP contribution in [0.3, 0.4) is 0 Å². The first-order valence-corrected chi connectivity index (χ1v) is 7.74.